The highest BCUT2D eigenvalue weighted by Crippen LogP contribution is 2.26. The van der Waals surface area contributed by atoms with E-state index in [1.165, 1.54) is 35.5 Å². The summed E-state index contributed by atoms with van der Waals surface area (Å²) in [5.41, 5.74) is 2.64. The summed E-state index contributed by atoms with van der Waals surface area (Å²) in [5.74, 6) is -1.65. The number of rotatable bonds is 6. The van der Waals surface area contributed by atoms with Crippen LogP contribution in [0.5, 0.6) is 0 Å². The number of anilines is 1. The van der Waals surface area contributed by atoms with Gasteiger partial charge in [-0.05, 0) is 69.5 Å². The third kappa shape index (κ3) is 5.68. The Hall–Kier alpha value is -2.42. The van der Waals surface area contributed by atoms with Crippen LogP contribution in [-0.4, -0.2) is 43.8 Å². The zero-order valence-electron chi connectivity index (χ0n) is 18.3. The molecule has 2 aromatic rings. The molecule has 0 bridgehead atoms. The molecule has 0 aromatic heterocycles. The monoisotopic (exact) mass is 478 g/mol. The average molecular weight is 479 g/mol. The lowest BCUT2D eigenvalue weighted by Crippen LogP contribution is -2.44. The Morgan fingerprint density at radius 2 is 1.84 bits per heavy atom. The minimum atomic E-state index is -3.75. The molecule has 1 saturated heterocycles. The van der Waals surface area contributed by atoms with Crippen molar-refractivity contribution < 1.29 is 22.7 Å². The summed E-state index contributed by atoms with van der Waals surface area (Å²) in [6.45, 7) is 5.68. The number of carbonyl (C=O) groups excluding carboxylic acids is 2. The highest BCUT2D eigenvalue weighted by atomic mass is 35.5. The van der Waals surface area contributed by atoms with Crippen LogP contribution in [-0.2, 0) is 24.3 Å². The molecular formula is C23H27ClN2O5S. The quantitative estimate of drug-likeness (QED) is 0.635. The number of benzene rings is 2. The molecule has 7 nitrogen and oxygen atoms in total. The van der Waals surface area contributed by atoms with Gasteiger partial charge in [0.2, 0.25) is 10.0 Å². The number of nitrogens with zero attached hydrogens (tertiary/aromatic N) is 1. The Kier molecular flexibility index (Phi) is 7.59. The van der Waals surface area contributed by atoms with Crippen molar-refractivity contribution in [3.8, 4) is 0 Å². The molecule has 1 aliphatic rings. The van der Waals surface area contributed by atoms with Crippen LogP contribution in [0.3, 0.4) is 0 Å². The molecule has 2 aromatic carbocycles. The smallest absolute Gasteiger partial charge is 0.311 e. The molecule has 1 fully saturated rings. The van der Waals surface area contributed by atoms with E-state index in [0.717, 1.165) is 11.1 Å². The zero-order chi connectivity index (χ0) is 23.5. The van der Waals surface area contributed by atoms with Gasteiger partial charge in [-0.2, -0.15) is 4.31 Å². The number of carbonyl (C=O) groups is 2. The normalized spacial score (nSPS) is 18.1. The summed E-state index contributed by atoms with van der Waals surface area (Å²) in [6.07, 6.45) is 0.0125. The Morgan fingerprint density at radius 3 is 2.50 bits per heavy atom. The third-order valence-electron chi connectivity index (χ3n) is 5.47. The Morgan fingerprint density at radius 1 is 1.16 bits per heavy atom. The summed E-state index contributed by atoms with van der Waals surface area (Å²) in [6, 6.07) is 11.6. The molecule has 0 aliphatic carbocycles. The maximum absolute atomic E-state index is 12.9. The van der Waals surface area contributed by atoms with E-state index >= 15 is 0 Å². The Bertz CT molecular complexity index is 1100. The van der Waals surface area contributed by atoms with Crippen molar-refractivity contribution in [3.05, 3.63) is 58.6 Å². The van der Waals surface area contributed by atoms with Crippen molar-refractivity contribution in [1.29, 1.82) is 0 Å². The van der Waals surface area contributed by atoms with Gasteiger partial charge in [0.1, 0.15) is 0 Å². The van der Waals surface area contributed by atoms with Gasteiger partial charge < -0.3 is 10.1 Å². The Balaban J connectivity index is 1.62. The van der Waals surface area contributed by atoms with Crippen LogP contribution in [0, 0.1) is 19.8 Å². The molecule has 32 heavy (non-hydrogen) atoms. The lowest BCUT2D eigenvalue weighted by Gasteiger charge is -2.31. The van der Waals surface area contributed by atoms with Gasteiger partial charge in [-0.1, -0.05) is 29.3 Å². The number of aryl methyl sites for hydroxylation is 2. The average Bonchev–Trinajstić information content (AvgIpc) is 2.76. The molecule has 1 aliphatic heterocycles. The highest BCUT2D eigenvalue weighted by Gasteiger charge is 2.35. The van der Waals surface area contributed by atoms with Crippen molar-refractivity contribution in [1.82, 2.24) is 4.31 Å². The first kappa shape index (κ1) is 24.2. The predicted molar refractivity (Wildman–Crippen MR) is 123 cm³/mol. The minimum absolute atomic E-state index is 0.00913. The molecule has 3 rings (SSSR count). The van der Waals surface area contributed by atoms with Crippen LogP contribution in [0.1, 0.15) is 30.9 Å². The van der Waals surface area contributed by atoms with E-state index in [1.807, 2.05) is 26.0 Å². The number of halogens is 1. The van der Waals surface area contributed by atoms with Crippen LogP contribution in [0.4, 0.5) is 5.69 Å². The second-order valence-corrected chi connectivity index (χ2v) is 10.4. The van der Waals surface area contributed by atoms with E-state index in [2.05, 4.69) is 5.32 Å². The first-order valence-electron chi connectivity index (χ1n) is 10.4. The van der Waals surface area contributed by atoms with Crippen LogP contribution in [0.25, 0.3) is 0 Å². The highest BCUT2D eigenvalue weighted by molar-refractivity contribution is 7.89. The number of piperidine rings is 1. The summed E-state index contributed by atoms with van der Waals surface area (Å²) in [5, 5.41) is 3.21. The van der Waals surface area contributed by atoms with Crippen LogP contribution in [0.15, 0.2) is 47.4 Å². The standard InChI is InChI=1S/C23H27ClN2O5S/c1-15-6-11-21(16(2)13-15)25-22(27)17(3)31-23(28)18-5-4-12-26(14-18)32(29,30)20-9-7-19(24)8-10-20/h6-11,13,17-18H,4-5,12,14H2,1-3H3,(H,25,27). The number of hydrogen-bond donors (Lipinski definition) is 1. The second-order valence-electron chi connectivity index (χ2n) is 8.04. The fourth-order valence-corrected chi connectivity index (χ4v) is 5.27. The van der Waals surface area contributed by atoms with Gasteiger partial charge in [0.05, 0.1) is 10.8 Å². The van der Waals surface area contributed by atoms with Crippen molar-refractivity contribution in [2.75, 3.05) is 18.4 Å². The molecular weight excluding hydrogens is 452 g/mol. The summed E-state index contributed by atoms with van der Waals surface area (Å²) in [4.78, 5) is 25.3. The maximum Gasteiger partial charge on any atom is 0.311 e. The molecule has 0 spiro atoms. The molecule has 9 heteroatoms. The van der Waals surface area contributed by atoms with Crippen molar-refractivity contribution in [2.24, 2.45) is 5.92 Å². The van der Waals surface area contributed by atoms with E-state index in [1.54, 1.807) is 6.07 Å². The van der Waals surface area contributed by atoms with Gasteiger partial charge in [-0.25, -0.2) is 8.42 Å². The largest absolute Gasteiger partial charge is 0.452 e. The van der Waals surface area contributed by atoms with Gasteiger partial charge in [-0.15, -0.1) is 0 Å². The van der Waals surface area contributed by atoms with E-state index < -0.39 is 33.9 Å². The van der Waals surface area contributed by atoms with E-state index in [0.29, 0.717) is 30.1 Å². The number of nitrogens with one attached hydrogen (secondary N) is 1. The number of ether oxygens (including phenoxy) is 1. The summed E-state index contributed by atoms with van der Waals surface area (Å²) >= 11 is 5.85. The van der Waals surface area contributed by atoms with Crippen LogP contribution < -0.4 is 5.32 Å². The number of hydrogen-bond acceptors (Lipinski definition) is 5. The number of amides is 1. The second kappa shape index (κ2) is 10.0. The minimum Gasteiger partial charge on any atom is -0.452 e. The van der Waals surface area contributed by atoms with E-state index in [4.69, 9.17) is 16.3 Å². The Labute approximate surface area is 193 Å². The van der Waals surface area contributed by atoms with Crippen LogP contribution in [0.2, 0.25) is 5.02 Å². The lowest BCUT2D eigenvalue weighted by atomic mass is 10.00. The predicted octanol–water partition coefficient (Wildman–Crippen LogP) is 3.93. The van der Waals surface area contributed by atoms with Gasteiger partial charge >= 0.3 is 5.97 Å². The third-order valence-corrected chi connectivity index (χ3v) is 7.60. The first-order chi connectivity index (χ1) is 15.1. The molecule has 0 saturated carbocycles. The van der Waals surface area contributed by atoms with E-state index in [-0.39, 0.29) is 11.4 Å². The molecule has 1 N–H and O–H groups in total. The van der Waals surface area contributed by atoms with Gasteiger partial charge in [0.15, 0.2) is 6.10 Å². The molecule has 1 heterocycles. The summed E-state index contributed by atoms with van der Waals surface area (Å²) < 4.78 is 32.5. The molecule has 1 amide bonds. The molecule has 2 unspecified atom stereocenters. The summed E-state index contributed by atoms with van der Waals surface area (Å²) in [7, 11) is -3.75. The fourth-order valence-electron chi connectivity index (χ4n) is 3.62. The molecule has 2 atom stereocenters. The van der Waals surface area contributed by atoms with Gasteiger partial charge in [-0.3, -0.25) is 9.59 Å². The van der Waals surface area contributed by atoms with E-state index in [9.17, 15) is 18.0 Å². The number of sulfonamides is 1. The zero-order valence-corrected chi connectivity index (χ0v) is 19.9. The fraction of sp³-hybridized carbons (Fsp3) is 0.391. The van der Waals surface area contributed by atoms with Crippen molar-refractivity contribution >= 4 is 39.2 Å². The SMILES string of the molecule is Cc1ccc(NC(=O)C(C)OC(=O)C2CCCN(S(=O)(=O)c3ccc(Cl)cc3)C2)c(C)c1. The maximum atomic E-state index is 12.9. The van der Waals surface area contributed by atoms with Gasteiger partial charge in [0, 0.05) is 23.8 Å². The van der Waals surface area contributed by atoms with Crippen molar-refractivity contribution in [2.45, 2.75) is 44.6 Å². The molecule has 172 valence electrons. The first-order valence-corrected chi connectivity index (χ1v) is 12.2. The van der Waals surface area contributed by atoms with Gasteiger partial charge in [0.25, 0.3) is 5.91 Å². The topological polar surface area (TPSA) is 92.8 Å². The lowest BCUT2D eigenvalue weighted by molar-refractivity contribution is -0.158. The molecule has 0 radical (unpaired) electrons. The van der Waals surface area contributed by atoms with Crippen LogP contribution >= 0.6 is 11.6 Å². The number of esters is 1. The van der Waals surface area contributed by atoms with Crippen molar-refractivity contribution in [3.63, 3.8) is 0 Å².